The highest BCUT2D eigenvalue weighted by atomic mass is 16.3. The molecule has 0 spiro atoms. The average Bonchev–Trinajstić information content (AvgIpc) is 3.17. The Bertz CT molecular complexity index is 829. The van der Waals surface area contributed by atoms with Gasteiger partial charge in [0.2, 0.25) is 5.91 Å². The van der Waals surface area contributed by atoms with Crippen molar-refractivity contribution < 1.29 is 9.21 Å². The number of rotatable bonds is 7. The van der Waals surface area contributed by atoms with Crippen molar-refractivity contribution in [2.24, 2.45) is 0 Å². The summed E-state index contributed by atoms with van der Waals surface area (Å²) in [5, 5.41) is 6.36. The van der Waals surface area contributed by atoms with Gasteiger partial charge in [-0.1, -0.05) is 56.3 Å². The van der Waals surface area contributed by atoms with Gasteiger partial charge in [-0.15, -0.1) is 0 Å². The number of oxazole rings is 1. The Hall–Kier alpha value is -2.92. The molecule has 0 aliphatic carbocycles. The predicted octanol–water partition coefficient (Wildman–Crippen LogP) is 3.89. The minimum absolute atomic E-state index is 0.0581. The lowest BCUT2D eigenvalue weighted by Gasteiger charge is -2.21. The molecule has 1 atom stereocenters. The lowest BCUT2D eigenvalue weighted by atomic mass is 10.0. The van der Waals surface area contributed by atoms with E-state index in [-0.39, 0.29) is 18.0 Å². The van der Waals surface area contributed by atoms with Gasteiger partial charge >= 0.3 is 0 Å². The zero-order valence-electron chi connectivity index (χ0n) is 15.0. The Morgan fingerprint density at radius 3 is 2.62 bits per heavy atom. The third-order valence-corrected chi connectivity index (χ3v) is 3.98. The molecule has 3 rings (SSSR count). The Kier molecular flexibility index (Phi) is 5.81. The fourth-order valence-electron chi connectivity index (χ4n) is 2.82. The van der Waals surface area contributed by atoms with Gasteiger partial charge < -0.3 is 15.1 Å². The number of amides is 1. The fourth-order valence-corrected chi connectivity index (χ4v) is 2.82. The molecule has 2 aromatic carbocycles. The van der Waals surface area contributed by atoms with E-state index in [1.54, 1.807) is 6.20 Å². The summed E-state index contributed by atoms with van der Waals surface area (Å²) >= 11 is 0. The molecule has 0 aliphatic heterocycles. The van der Waals surface area contributed by atoms with Gasteiger partial charge in [0, 0.05) is 17.3 Å². The van der Waals surface area contributed by atoms with Crippen LogP contribution in [0.4, 0.5) is 5.69 Å². The van der Waals surface area contributed by atoms with Gasteiger partial charge in [-0.3, -0.25) is 4.79 Å². The average molecular weight is 349 g/mol. The van der Waals surface area contributed by atoms with Gasteiger partial charge in [0.15, 0.2) is 12.2 Å². The molecule has 0 unspecified atom stereocenters. The van der Waals surface area contributed by atoms with Crippen LogP contribution in [0.1, 0.15) is 19.4 Å². The van der Waals surface area contributed by atoms with Crippen LogP contribution in [0.15, 0.2) is 71.6 Å². The van der Waals surface area contributed by atoms with Crippen molar-refractivity contribution in [2.75, 3.05) is 5.32 Å². The van der Waals surface area contributed by atoms with Crippen LogP contribution in [-0.2, 0) is 11.2 Å². The van der Waals surface area contributed by atoms with Crippen molar-refractivity contribution in [2.45, 2.75) is 32.4 Å². The highest BCUT2D eigenvalue weighted by molar-refractivity contribution is 5.95. The Labute approximate surface area is 153 Å². The smallest absolute Gasteiger partial charge is 0.241 e. The quantitative estimate of drug-likeness (QED) is 0.679. The van der Waals surface area contributed by atoms with Gasteiger partial charge in [0.25, 0.3) is 0 Å². The minimum Gasteiger partial charge on any atom is -0.444 e. The normalized spacial score (nSPS) is 12.1. The van der Waals surface area contributed by atoms with Crippen LogP contribution in [0, 0.1) is 0 Å². The first-order valence-corrected chi connectivity index (χ1v) is 8.71. The zero-order chi connectivity index (χ0) is 18.4. The van der Waals surface area contributed by atoms with Crippen LogP contribution >= 0.6 is 0 Å². The van der Waals surface area contributed by atoms with E-state index in [2.05, 4.69) is 15.6 Å². The number of carbonyl (C=O) groups is 1. The number of aromatic nitrogens is 1. The summed E-state index contributed by atoms with van der Waals surface area (Å²) in [6, 6.07) is 17.5. The van der Waals surface area contributed by atoms with Crippen molar-refractivity contribution in [1.82, 2.24) is 10.3 Å². The number of benzene rings is 2. The molecule has 0 fully saturated rings. The van der Waals surface area contributed by atoms with E-state index in [0.717, 1.165) is 16.8 Å². The monoisotopic (exact) mass is 349 g/mol. The van der Waals surface area contributed by atoms with E-state index in [4.69, 9.17) is 4.42 Å². The third-order valence-electron chi connectivity index (χ3n) is 3.98. The van der Waals surface area contributed by atoms with Gasteiger partial charge in [-0.2, -0.15) is 0 Å². The van der Waals surface area contributed by atoms with Crippen LogP contribution in [0.2, 0.25) is 0 Å². The third kappa shape index (κ3) is 4.80. The predicted molar refractivity (Wildman–Crippen MR) is 103 cm³/mol. The van der Waals surface area contributed by atoms with Gasteiger partial charge in [-0.25, -0.2) is 4.98 Å². The Morgan fingerprint density at radius 2 is 1.92 bits per heavy atom. The molecule has 3 aromatic rings. The van der Waals surface area contributed by atoms with E-state index in [1.165, 1.54) is 6.39 Å². The van der Waals surface area contributed by atoms with Crippen LogP contribution in [-0.4, -0.2) is 23.0 Å². The molecular weight excluding hydrogens is 326 g/mol. The van der Waals surface area contributed by atoms with Crippen LogP contribution in [0.25, 0.3) is 11.3 Å². The van der Waals surface area contributed by atoms with E-state index in [1.807, 2.05) is 68.4 Å². The summed E-state index contributed by atoms with van der Waals surface area (Å²) in [7, 11) is 0. The summed E-state index contributed by atoms with van der Waals surface area (Å²) in [5.41, 5.74) is 2.72. The number of hydrogen-bond donors (Lipinski definition) is 2. The van der Waals surface area contributed by atoms with Crippen molar-refractivity contribution in [1.29, 1.82) is 0 Å². The van der Waals surface area contributed by atoms with Crippen molar-refractivity contribution >= 4 is 11.6 Å². The second-order valence-corrected chi connectivity index (χ2v) is 6.50. The second kappa shape index (κ2) is 8.45. The highest BCUT2D eigenvalue weighted by Gasteiger charge is 2.20. The number of nitrogens with one attached hydrogen (secondary N) is 2. The zero-order valence-corrected chi connectivity index (χ0v) is 15.0. The molecule has 1 heterocycles. The first-order valence-electron chi connectivity index (χ1n) is 8.71. The van der Waals surface area contributed by atoms with Gasteiger partial charge in [-0.05, 0) is 24.1 Å². The molecular formula is C21H23N3O2. The fraction of sp³-hybridized carbons (Fsp3) is 0.238. The van der Waals surface area contributed by atoms with Crippen molar-refractivity contribution in [3.8, 4) is 11.3 Å². The summed E-state index contributed by atoms with van der Waals surface area (Å²) in [6.45, 7) is 4.08. The van der Waals surface area contributed by atoms with Crippen LogP contribution < -0.4 is 10.6 Å². The molecule has 2 N–H and O–H groups in total. The maximum absolute atomic E-state index is 12.8. The van der Waals surface area contributed by atoms with Crippen molar-refractivity contribution in [3.63, 3.8) is 0 Å². The number of anilines is 1. The molecule has 5 nitrogen and oxygen atoms in total. The molecule has 1 amide bonds. The first kappa shape index (κ1) is 17.9. The maximum atomic E-state index is 12.8. The maximum Gasteiger partial charge on any atom is 0.241 e. The lowest BCUT2D eigenvalue weighted by Crippen LogP contribution is -2.45. The van der Waals surface area contributed by atoms with E-state index >= 15 is 0 Å². The number of carbonyl (C=O) groups excluding carboxylic acids is 1. The van der Waals surface area contributed by atoms with E-state index in [9.17, 15) is 4.79 Å². The Balaban J connectivity index is 1.74. The highest BCUT2D eigenvalue weighted by Crippen LogP contribution is 2.22. The number of hydrogen-bond acceptors (Lipinski definition) is 4. The van der Waals surface area contributed by atoms with Crippen molar-refractivity contribution in [3.05, 3.63) is 72.8 Å². The van der Waals surface area contributed by atoms with Crippen LogP contribution in [0.3, 0.4) is 0 Å². The second-order valence-electron chi connectivity index (χ2n) is 6.50. The van der Waals surface area contributed by atoms with Gasteiger partial charge in [0.1, 0.15) is 0 Å². The largest absolute Gasteiger partial charge is 0.444 e. The Morgan fingerprint density at radius 1 is 1.12 bits per heavy atom. The topological polar surface area (TPSA) is 67.2 Å². The summed E-state index contributed by atoms with van der Waals surface area (Å²) in [5.74, 6) is 0.611. The molecule has 134 valence electrons. The molecule has 1 aromatic heterocycles. The standard InChI is InChI=1S/C21H23N3O2/c1-15(2)23-19(11-16-7-4-3-5-8-16)21(25)24-18-10-6-9-17(12-18)20-13-22-14-26-20/h3-10,12-15,19,23H,11H2,1-2H3,(H,24,25)/t19-/m0/s1. The SMILES string of the molecule is CC(C)N[C@@H](Cc1ccccc1)C(=O)Nc1cccc(-c2cnco2)c1. The van der Waals surface area contributed by atoms with E-state index in [0.29, 0.717) is 12.2 Å². The molecule has 0 radical (unpaired) electrons. The number of nitrogens with zero attached hydrogens (tertiary/aromatic N) is 1. The molecule has 0 saturated heterocycles. The minimum atomic E-state index is -0.314. The van der Waals surface area contributed by atoms with E-state index < -0.39 is 0 Å². The summed E-state index contributed by atoms with van der Waals surface area (Å²) in [6.07, 6.45) is 3.68. The lowest BCUT2D eigenvalue weighted by molar-refractivity contribution is -0.118. The summed E-state index contributed by atoms with van der Waals surface area (Å²) < 4.78 is 5.32. The molecule has 5 heteroatoms. The molecule has 0 saturated carbocycles. The van der Waals surface area contributed by atoms with Gasteiger partial charge in [0.05, 0.1) is 12.2 Å². The molecule has 0 aliphatic rings. The summed E-state index contributed by atoms with van der Waals surface area (Å²) in [4.78, 5) is 16.8. The molecule has 0 bridgehead atoms. The van der Waals surface area contributed by atoms with Crippen LogP contribution in [0.5, 0.6) is 0 Å². The molecule has 26 heavy (non-hydrogen) atoms. The first-order chi connectivity index (χ1) is 12.6.